The number of methoxy groups -OCH3 is 1. The zero-order valence-electron chi connectivity index (χ0n) is 15.7. The first-order valence-electron chi connectivity index (χ1n) is 9.15. The van der Waals surface area contributed by atoms with Gasteiger partial charge in [0.05, 0.1) is 0 Å². The van der Waals surface area contributed by atoms with Gasteiger partial charge in [0, 0.05) is 56.8 Å². The highest BCUT2D eigenvalue weighted by molar-refractivity contribution is 6.25. The summed E-state index contributed by atoms with van der Waals surface area (Å²) in [6.07, 6.45) is 1.53. The molecule has 27 heavy (non-hydrogen) atoms. The van der Waals surface area contributed by atoms with E-state index in [-0.39, 0.29) is 24.3 Å². The monoisotopic (exact) mass is 368 g/mol. The second kappa shape index (κ2) is 8.31. The zero-order chi connectivity index (χ0) is 19.4. The van der Waals surface area contributed by atoms with E-state index in [0.29, 0.717) is 37.1 Å². The zero-order valence-corrected chi connectivity index (χ0v) is 15.7. The Labute approximate surface area is 158 Å². The highest BCUT2D eigenvalue weighted by Gasteiger charge is 2.32. The van der Waals surface area contributed by atoms with Gasteiger partial charge >= 0.3 is 0 Å². The van der Waals surface area contributed by atoms with Gasteiger partial charge in [-0.3, -0.25) is 19.3 Å². The normalized spacial score (nSPS) is 13.3. The van der Waals surface area contributed by atoms with Crippen LogP contribution in [0.4, 0.5) is 0 Å². The van der Waals surface area contributed by atoms with Crippen LogP contribution in [0.3, 0.4) is 0 Å². The van der Waals surface area contributed by atoms with Crippen LogP contribution < -0.4 is 0 Å². The number of amides is 3. The number of carbonyl (C=O) groups excluding carboxylic acids is 3. The molecule has 142 valence electrons. The van der Waals surface area contributed by atoms with Gasteiger partial charge in [0.2, 0.25) is 5.91 Å². The summed E-state index contributed by atoms with van der Waals surface area (Å²) < 4.78 is 4.99. The average Bonchev–Trinajstić information content (AvgIpc) is 2.68. The second-order valence-electron chi connectivity index (χ2n) is 6.74. The number of hydrogen-bond donors (Lipinski definition) is 0. The minimum Gasteiger partial charge on any atom is -0.385 e. The number of rotatable bonds is 8. The average molecular weight is 368 g/mol. The Kier molecular flexibility index (Phi) is 5.86. The maximum absolute atomic E-state index is 12.8. The van der Waals surface area contributed by atoms with E-state index in [2.05, 4.69) is 0 Å². The van der Waals surface area contributed by atoms with Gasteiger partial charge in [0.1, 0.15) is 0 Å². The maximum Gasteiger partial charge on any atom is 0.261 e. The van der Waals surface area contributed by atoms with Crippen LogP contribution in [0.5, 0.6) is 0 Å². The van der Waals surface area contributed by atoms with Crippen molar-refractivity contribution in [3.05, 3.63) is 47.5 Å². The lowest BCUT2D eigenvalue weighted by Gasteiger charge is -2.27. The van der Waals surface area contributed by atoms with E-state index in [0.717, 1.165) is 17.2 Å². The van der Waals surface area contributed by atoms with Gasteiger partial charge in [0.15, 0.2) is 0 Å². The van der Waals surface area contributed by atoms with Crippen molar-refractivity contribution in [3.63, 3.8) is 0 Å². The lowest BCUT2D eigenvalue weighted by molar-refractivity contribution is -0.130. The van der Waals surface area contributed by atoms with Gasteiger partial charge in [-0.05, 0) is 30.4 Å². The number of carbonyl (C=O) groups is 3. The maximum atomic E-state index is 12.8. The molecule has 0 spiro atoms. The summed E-state index contributed by atoms with van der Waals surface area (Å²) in [6, 6.07) is 11.0. The summed E-state index contributed by atoms with van der Waals surface area (Å²) in [4.78, 5) is 40.7. The van der Waals surface area contributed by atoms with Crippen LogP contribution in [0.2, 0.25) is 0 Å². The molecular formula is C21H24N2O4. The fraction of sp³-hybridized carbons (Fsp3) is 0.381. The van der Waals surface area contributed by atoms with E-state index in [1.807, 2.05) is 24.3 Å². The molecule has 0 radical (unpaired) electrons. The molecule has 0 saturated heterocycles. The smallest absolute Gasteiger partial charge is 0.261 e. The molecule has 0 fully saturated rings. The predicted molar refractivity (Wildman–Crippen MR) is 103 cm³/mol. The number of imide groups is 1. The van der Waals surface area contributed by atoms with Crippen LogP contribution >= 0.6 is 0 Å². The van der Waals surface area contributed by atoms with E-state index in [1.54, 1.807) is 31.2 Å². The van der Waals surface area contributed by atoms with Gasteiger partial charge in [-0.2, -0.15) is 0 Å². The predicted octanol–water partition coefficient (Wildman–Crippen LogP) is 2.71. The molecule has 0 aromatic heterocycles. The van der Waals surface area contributed by atoms with E-state index < -0.39 is 0 Å². The summed E-state index contributed by atoms with van der Waals surface area (Å²) in [7, 11) is 3.39. The van der Waals surface area contributed by atoms with Gasteiger partial charge in [0.25, 0.3) is 11.8 Å². The summed E-state index contributed by atoms with van der Waals surface area (Å²) in [5, 5.41) is 1.61. The summed E-state index contributed by atoms with van der Waals surface area (Å²) in [6.45, 7) is 1.48. The standard InChI is InChI=1S/C21H24N2O4/c1-22(12-6-14-27-2)18(24)11-5-13-23-20(25)16-9-3-7-15-8-4-10-17(19(15)16)21(23)26/h3-4,7-10H,5-6,11-14H2,1-2H3. The molecule has 0 bridgehead atoms. The Morgan fingerprint density at radius 3 is 2.26 bits per heavy atom. The Morgan fingerprint density at radius 2 is 1.67 bits per heavy atom. The number of nitrogens with zero attached hydrogens (tertiary/aromatic N) is 2. The van der Waals surface area contributed by atoms with Crippen LogP contribution in [0.25, 0.3) is 10.8 Å². The van der Waals surface area contributed by atoms with Crippen LogP contribution in [0.1, 0.15) is 40.0 Å². The fourth-order valence-electron chi connectivity index (χ4n) is 3.43. The molecule has 0 aliphatic carbocycles. The summed E-state index contributed by atoms with van der Waals surface area (Å²) >= 11 is 0. The summed E-state index contributed by atoms with van der Waals surface area (Å²) in [5.74, 6) is -0.569. The van der Waals surface area contributed by atoms with Crippen LogP contribution in [0.15, 0.2) is 36.4 Å². The van der Waals surface area contributed by atoms with Crippen molar-refractivity contribution < 1.29 is 19.1 Å². The topological polar surface area (TPSA) is 66.9 Å². The molecular weight excluding hydrogens is 344 g/mol. The highest BCUT2D eigenvalue weighted by Crippen LogP contribution is 2.30. The molecule has 6 nitrogen and oxygen atoms in total. The first kappa shape index (κ1) is 19.0. The third-order valence-corrected chi connectivity index (χ3v) is 4.90. The Balaban J connectivity index is 1.64. The molecule has 0 N–H and O–H groups in total. The molecule has 1 aliphatic rings. The molecule has 3 rings (SSSR count). The fourth-order valence-corrected chi connectivity index (χ4v) is 3.43. The molecule has 3 amide bonds. The Hall–Kier alpha value is -2.73. The van der Waals surface area contributed by atoms with Crippen molar-refractivity contribution in [3.8, 4) is 0 Å². The first-order valence-corrected chi connectivity index (χ1v) is 9.15. The van der Waals surface area contributed by atoms with Gasteiger partial charge in [-0.25, -0.2) is 0 Å². The molecule has 0 saturated carbocycles. The molecule has 0 unspecified atom stereocenters. The number of ether oxygens (including phenoxy) is 1. The quantitative estimate of drug-likeness (QED) is 0.531. The lowest BCUT2D eigenvalue weighted by atomic mass is 9.94. The Morgan fingerprint density at radius 1 is 1.04 bits per heavy atom. The van der Waals surface area contributed by atoms with Crippen molar-refractivity contribution in [2.45, 2.75) is 19.3 Å². The number of hydrogen-bond acceptors (Lipinski definition) is 4. The Bertz CT molecular complexity index is 827. The van der Waals surface area contributed by atoms with Crippen molar-refractivity contribution in [2.75, 3.05) is 33.9 Å². The number of benzene rings is 2. The van der Waals surface area contributed by atoms with E-state index >= 15 is 0 Å². The van der Waals surface area contributed by atoms with Crippen molar-refractivity contribution >= 4 is 28.5 Å². The molecule has 6 heteroatoms. The third-order valence-electron chi connectivity index (χ3n) is 4.90. The first-order chi connectivity index (χ1) is 13.0. The van der Waals surface area contributed by atoms with Gasteiger partial charge in [-0.1, -0.05) is 24.3 Å². The lowest BCUT2D eigenvalue weighted by Crippen LogP contribution is -2.41. The molecule has 1 aliphatic heterocycles. The van der Waals surface area contributed by atoms with Crippen molar-refractivity contribution in [1.29, 1.82) is 0 Å². The minimum atomic E-state index is -0.287. The largest absolute Gasteiger partial charge is 0.385 e. The van der Waals surface area contributed by atoms with Crippen molar-refractivity contribution in [2.24, 2.45) is 0 Å². The third kappa shape index (κ3) is 3.85. The van der Waals surface area contributed by atoms with Gasteiger partial charge < -0.3 is 9.64 Å². The van der Waals surface area contributed by atoms with E-state index in [1.165, 1.54) is 4.90 Å². The van der Waals surface area contributed by atoms with E-state index in [4.69, 9.17) is 4.74 Å². The summed E-state index contributed by atoms with van der Waals surface area (Å²) in [5.41, 5.74) is 1.09. The van der Waals surface area contributed by atoms with Crippen LogP contribution in [-0.4, -0.2) is 61.4 Å². The molecule has 1 heterocycles. The van der Waals surface area contributed by atoms with Crippen LogP contribution in [0, 0.1) is 0 Å². The SMILES string of the molecule is COCCCN(C)C(=O)CCCN1C(=O)c2cccc3cccc(c23)C1=O. The van der Waals surface area contributed by atoms with Gasteiger partial charge in [-0.15, -0.1) is 0 Å². The molecule has 0 atom stereocenters. The van der Waals surface area contributed by atoms with E-state index in [9.17, 15) is 14.4 Å². The van der Waals surface area contributed by atoms with Crippen LogP contribution in [-0.2, 0) is 9.53 Å². The highest BCUT2D eigenvalue weighted by atomic mass is 16.5. The second-order valence-corrected chi connectivity index (χ2v) is 6.74. The molecule has 2 aromatic rings. The minimum absolute atomic E-state index is 0.00510. The van der Waals surface area contributed by atoms with Crippen molar-refractivity contribution in [1.82, 2.24) is 9.80 Å². The molecule has 2 aromatic carbocycles.